The van der Waals surface area contributed by atoms with Gasteiger partial charge >= 0.3 is 5.97 Å². The lowest BCUT2D eigenvalue weighted by molar-refractivity contribution is -0.138. The van der Waals surface area contributed by atoms with E-state index in [2.05, 4.69) is 10.4 Å². The minimum Gasteiger partial charge on any atom is -0.481 e. The lowest BCUT2D eigenvalue weighted by Gasteiger charge is -2.23. The van der Waals surface area contributed by atoms with Crippen LogP contribution in [0.5, 0.6) is 0 Å². The van der Waals surface area contributed by atoms with Gasteiger partial charge in [-0.25, -0.2) is 4.39 Å². The van der Waals surface area contributed by atoms with Crippen molar-refractivity contribution in [1.82, 2.24) is 9.78 Å². The number of nitrogens with one attached hydrogen (secondary N) is 1. The average Bonchev–Trinajstić information content (AvgIpc) is 3.60. The van der Waals surface area contributed by atoms with E-state index in [4.69, 9.17) is 10.8 Å². The first-order valence-electron chi connectivity index (χ1n) is 10.7. The number of aromatic nitrogens is 2. The van der Waals surface area contributed by atoms with Crippen LogP contribution in [0.3, 0.4) is 0 Å². The standard InChI is InChI=1S/C20H20FN5O.C4H6O2/c1-12-3-6-18-17(7-12)24-19-15(10-23-25(19)2)11-26(18)20(27)13-4-5-14(9-22)16(21)8-13;5-4(6)3-1-2-3/h3-8,10,24H,9,11,22H2,1-2H3;3H,1-2H2,(H,5,6). The van der Waals surface area contributed by atoms with E-state index >= 15 is 0 Å². The van der Waals surface area contributed by atoms with Gasteiger partial charge in [0.25, 0.3) is 5.91 Å². The number of nitrogens with two attached hydrogens (primary N) is 1. The summed E-state index contributed by atoms with van der Waals surface area (Å²) in [7, 11) is 1.85. The number of aliphatic carboxylic acids is 1. The Labute approximate surface area is 190 Å². The number of halogens is 1. The van der Waals surface area contributed by atoms with Crippen molar-refractivity contribution in [2.75, 3.05) is 10.2 Å². The summed E-state index contributed by atoms with van der Waals surface area (Å²) >= 11 is 0. The summed E-state index contributed by atoms with van der Waals surface area (Å²) in [4.78, 5) is 24.6. The van der Waals surface area contributed by atoms with E-state index < -0.39 is 11.8 Å². The highest BCUT2D eigenvalue weighted by molar-refractivity contribution is 6.08. The molecule has 33 heavy (non-hydrogen) atoms. The summed E-state index contributed by atoms with van der Waals surface area (Å²) in [5.74, 6) is -0.523. The van der Waals surface area contributed by atoms with Crippen molar-refractivity contribution in [3.05, 3.63) is 70.7 Å². The molecule has 0 unspecified atom stereocenters. The van der Waals surface area contributed by atoms with E-state index in [9.17, 15) is 14.0 Å². The number of benzene rings is 2. The Kier molecular flexibility index (Phi) is 6.15. The third-order valence-corrected chi connectivity index (χ3v) is 5.73. The quantitative estimate of drug-likeness (QED) is 0.559. The van der Waals surface area contributed by atoms with E-state index in [1.54, 1.807) is 27.9 Å². The number of fused-ring (bicyclic) bond motifs is 2. The van der Waals surface area contributed by atoms with Gasteiger partial charge in [-0.2, -0.15) is 5.10 Å². The molecule has 0 radical (unpaired) electrons. The molecular formula is C24H26FN5O3. The molecule has 172 valence electrons. The number of aryl methyl sites for hydroxylation is 2. The molecule has 1 aromatic heterocycles. The number of carbonyl (C=O) groups excluding carboxylic acids is 1. The lowest BCUT2D eigenvalue weighted by Crippen LogP contribution is -2.30. The van der Waals surface area contributed by atoms with Crippen molar-refractivity contribution >= 4 is 29.1 Å². The molecule has 3 aromatic rings. The monoisotopic (exact) mass is 451 g/mol. The SMILES string of the molecule is Cc1ccc2c(c1)Nc1c(cnn1C)CN2C(=O)c1ccc(CN)c(F)c1.O=C(O)C1CC1. The highest BCUT2D eigenvalue weighted by Crippen LogP contribution is 2.37. The van der Waals surface area contributed by atoms with Gasteiger partial charge in [0.15, 0.2) is 0 Å². The second kappa shape index (κ2) is 9.03. The van der Waals surface area contributed by atoms with Crippen molar-refractivity contribution in [2.45, 2.75) is 32.9 Å². The van der Waals surface area contributed by atoms with Crippen LogP contribution in [0.4, 0.5) is 21.6 Å². The fraction of sp³-hybridized carbons (Fsp3) is 0.292. The molecule has 1 aliphatic heterocycles. The van der Waals surface area contributed by atoms with Crippen LogP contribution in [-0.4, -0.2) is 26.8 Å². The van der Waals surface area contributed by atoms with E-state index in [1.807, 2.05) is 32.2 Å². The van der Waals surface area contributed by atoms with Gasteiger partial charge < -0.3 is 21.1 Å². The molecular weight excluding hydrogens is 425 g/mol. The van der Waals surface area contributed by atoms with Gasteiger partial charge in [-0.15, -0.1) is 0 Å². The molecule has 1 saturated carbocycles. The lowest BCUT2D eigenvalue weighted by atomic mass is 10.1. The molecule has 2 aliphatic rings. The van der Waals surface area contributed by atoms with Gasteiger partial charge in [0, 0.05) is 30.3 Å². The van der Waals surface area contributed by atoms with Crippen molar-refractivity contribution < 1.29 is 19.1 Å². The molecule has 1 aliphatic carbocycles. The van der Waals surface area contributed by atoms with Crippen LogP contribution in [-0.2, 0) is 24.9 Å². The molecule has 1 fully saturated rings. The maximum absolute atomic E-state index is 14.2. The summed E-state index contributed by atoms with van der Waals surface area (Å²) in [6.07, 6.45) is 3.53. The van der Waals surface area contributed by atoms with Crippen LogP contribution in [0.15, 0.2) is 42.6 Å². The maximum atomic E-state index is 14.2. The number of hydrogen-bond donors (Lipinski definition) is 3. The van der Waals surface area contributed by atoms with E-state index in [-0.39, 0.29) is 23.9 Å². The smallest absolute Gasteiger partial charge is 0.306 e. The number of nitrogens with zero attached hydrogens (tertiary/aromatic N) is 3. The van der Waals surface area contributed by atoms with Crippen LogP contribution in [0.1, 0.15) is 39.9 Å². The first-order chi connectivity index (χ1) is 15.8. The van der Waals surface area contributed by atoms with Gasteiger partial charge in [0.1, 0.15) is 11.6 Å². The van der Waals surface area contributed by atoms with Crippen molar-refractivity contribution in [2.24, 2.45) is 18.7 Å². The Morgan fingerprint density at radius 2 is 2.00 bits per heavy atom. The highest BCUT2D eigenvalue weighted by atomic mass is 19.1. The Morgan fingerprint density at radius 3 is 2.61 bits per heavy atom. The molecule has 4 N–H and O–H groups in total. The topological polar surface area (TPSA) is 113 Å². The Balaban J connectivity index is 0.000000376. The summed E-state index contributed by atoms with van der Waals surface area (Å²) in [6.45, 7) is 2.42. The molecule has 8 nitrogen and oxygen atoms in total. The molecule has 1 amide bonds. The van der Waals surface area contributed by atoms with Gasteiger partial charge in [0.2, 0.25) is 0 Å². The van der Waals surface area contributed by atoms with Crippen molar-refractivity contribution in [3.63, 3.8) is 0 Å². The number of anilines is 3. The van der Waals surface area contributed by atoms with Gasteiger partial charge in [-0.05, 0) is 49.6 Å². The minimum absolute atomic E-state index is 0.0185. The zero-order valence-corrected chi connectivity index (χ0v) is 18.5. The molecule has 0 atom stereocenters. The first kappa shape index (κ1) is 22.5. The van der Waals surface area contributed by atoms with Gasteiger partial charge in [-0.3, -0.25) is 14.3 Å². The third kappa shape index (κ3) is 4.73. The van der Waals surface area contributed by atoms with E-state index in [0.29, 0.717) is 12.1 Å². The zero-order chi connectivity index (χ0) is 23.7. The van der Waals surface area contributed by atoms with Crippen LogP contribution < -0.4 is 16.0 Å². The average molecular weight is 452 g/mol. The first-order valence-corrected chi connectivity index (χ1v) is 10.7. The number of carboxylic acids is 1. The fourth-order valence-corrected chi connectivity index (χ4v) is 3.64. The van der Waals surface area contributed by atoms with Crippen LogP contribution >= 0.6 is 0 Å². The largest absolute Gasteiger partial charge is 0.481 e. The molecule has 2 aromatic carbocycles. The Hall–Kier alpha value is -3.72. The summed E-state index contributed by atoms with van der Waals surface area (Å²) in [6, 6.07) is 10.3. The second-order valence-corrected chi connectivity index (χ2v) is 8.30. The summed E-state index contributed by atoms with van der Waals surface area (Å²) in [5, 5.41) is 15.7. The number of amides is 1. The third-order valence-electron chi connectivity index (χ3n) is 5.73. The molecule has 5 rings (SSSR count). The number of hydrogen-bond acceptors (Lipinski definition) is 5. The number of carboxylic acid groups (broad SMARTS) is 1. The number of carbonyl (C=O) groups is 2. The second-order valence-electron chi connectivity index (χ2n) is 8.30. The van der Waals surface area contributed by atoms with Gasteiger partial charge in [0.05, 0.1) is 30.0 Å². The van der Waals surface area contributed by atoms with E-state index in [0.717, 1.165) is 41.2 Å². The predicted octanol–water partition coefficient (Wildman–Crippen LogP) is 3.71. The molecule has 2 heterocycles. The Morgan fingerprint density at radius 1 is 1.24 bits per heavy atom. The summed E-state index contributed by atoms with van der Waals surface area (Å²) < 4.78 is 15.9. The Bertz CT molecular complexity index is 1220. The maximum Gasteiger partial charge on any atom is 0.306 e. The molecule has 9 heteroatoms. The van der Waals surface area contributed by atoms with Gasteiger partial charge in [-0.1, -0.05) is 12.1 Å². The van der Waals surface area contributed by atoms with Crippen molar-refractivity contribution in [3.8, 4) is 0 Å². The van der Waals surface area contributed by atoms with Crippen LogP contribution in [0, 0.1) is 18.7 Å². The molecule has 0 saturated heterocycles. The highest BCUT2D eigenvalue weighted by Gasteiger charge is 2.29. The van der Waals surface area contributed by atoms with Crippen LogP contribution in [0.25, 0.3) is 0 Å². The normalized spacial score (nSPS) is 14.2. The predicted molar refractivity (Wildman–Crippen MR) is 123 cm³/mol. The van der Waals surface area contributed by atoms with Crippen molar-refractivity contribution in [1.29, 1.82) is 0 Å². The fourth-order valence-electron chi connectivity index (χ4n) is 3.64. The zero-order valence-electron chi connectivity index (χ0n) is 18.5. The van der Waals surface area contributed by atoms with Crippen LogP contribution in [0.2, 0.25) is 0 Å². The molecule has 0 bridgehead atoms. The summed E-state index contributed by atoms with van der Waals surface area (Å²) in [5.41, 5.74) is 9.69. The number of rotatable bonds is 3. The van der Waals surface area contributed by atoms with E-state index in [1.165, 1.54) is 6.07 Å². The minimum atomic E-state index is -0.630. The molecule has 0 spiro atoms.